The second kappa shape index (κ2) is 8.79. The van der Waals surface area contributed by atoms with Gasteiger partial charge in [-0.05, 0) is 29.8 Å². The fourth-order valence-corrected chi connectivity index (χ4v) is 4.20. The number of urea groups is 1. The smallest absolute Gasteiger partial charge is 0.326 e. The van der Waals surface area contributed by atoms with Gasteiger partial charge in [-0.15, -0.1) is 12.4 Å². The van der Waals surface area contributed by atoms with E-state index in [1.165, 1.54) is 0 Å². The minimum absolute atomic E-state index is 0. The second-order valence-corrected chi connectivity index (χ2v) is 7.41. The highest BCUT2D eigenvalue weighted by molar-refractivity contribution is 8.14. The largest absolute Gasteiger partial charge is 0.348 e. The predicted molar refractivity (Wildman–Crippen MR) is 111 cm³/mol. The number of carbonyl (C=O) groups excluding carboxylic acids is 2. The number of carbonyl (C=O) groups is 2. The molecule has 4 rings (SSSR count). The molecule has 1 saturated heterocycles. The Hall–Kier alpha value is -2.65. The Morgan fingerprint density at radius 2 is 1.86 bits per heavy atom. The van der Waals surface area contributed by atoms with E-state index in [0.29, 0.717) is 5.69 Å². The van der Waals surface area contributed by atoms with Gasteiger partial charge in [0.25, 0.3) is 5.91 Å². The van der Waals surface area contributed by atoms with E-state index in [4.69, 9.17) is 0 Å². The third kappa shape index (κ3) is 4.51. The molecule has 1 atom stereocenters. The Labute approximate surface area is 176 Å². The van der Waals surface area contributed by atoms with Crippen molar-refractivity contribution in [3.63, 3.8) is 0 Å². The molecular formula is C19H17ClF2N4O2S. The summed E-state index contributed by atoms with van der Waals surface area (Å²) in [6, 6.07) is 9.29. The SMILES string of the molecule is Cl.O=C(NC(=O)c1c(F)cccc1F)Nc1cccc(C2CN3CCSC3=N2)c1. The zero-order valence-electron chi connectivity index (χ0n) is 15.0. The quantitative estimate of drug-likeness (QED) is 0.764. The normalized spacial score (nSPS) is 17.2. The molecule has 1 unspecified atom stereocenters. The van der Waals surface area contributed by atoms with E-state index in [9.17, 15) is 18.4 Å². The molecule has 10 heteroatoms. The number of fused-ring (bicyclic) bond motifs is 1. The molecular weight excluding hydrogens is 422 g/mol. The third-order valence-corrected chi connectivity index (χ3v) is 5.48. The molecule has 152 valence electrons. The molecule has 0 spiro atoms. The van der Waals surface area contributed by atoms with Crippen LogP contribution in [-0.2, 0) is 0 Å². The third-order valence-electron chi connectivity index (χ3n) is 4.47. The lowest BCUT2D eigenvalue weighted by atomic mass is 10.1. The van der Waals surface area contributed by atoms with Gasteiger partial charge in [-0.3, -0.25) is 15.1 Å². The van der Waals surface area contributed by atoms with Crippen LogP contribution in [-0.4, -0.2) is 40.8 Å². The van der Waals surface area contributed by atoms with Crippen molar-refractivity contribution in [1.29, 1.82) is 0 Å². The van der Waals surface area contributed by atoms with Crippen LogP contribution in [0.5, 0.6) is 0 Å². The first-order chi connectivity index (χ1) is 13.5. The Balaban J connectivity index is 0.00000240. The summed E-state index contributed by atoms with van der Waals surface area (Å²) >= 11 is 1.73. The molecule has 1 fully saturated rings. The van der Waals surface area contributed by atoms with Gasteiger partial charge in [-0.1, -0.05) is 30.0 Å². The van der Waals surface area contributed by atoms with Crippen molar-refractivity contribution < 1.29 is 18.4 Å². The van der Waals surface area contributed by atoms with Crippen LogP contribution in [0.4, 0.5) is 19.3 Å². The van der Waals surface area contributed by atoms with Gasteiger partial charge in [0, 0.05) is 24.5 Å². The van der Waals surface area contributed by atoms with Crippen molar-refractivity contribution in [3.05, 3.63) is 65.2 Å². The molecule has 0 bridgehead atoms. The molecule has 2 aromatic carbocycles. The van der Waals surface area contributed by atoms with Gasteiger partial charge in [0.05, 0.1) is 6.04 Å². The zero-order valence-corrected chi connectivity index (χ0v) is 16.7. The lowest BCUT2D eigenvalue weighted by molar-refractivity contribution is 0.0959. The molecule has 2 heterocycles. The lowest BCUT2D eigenvalue weighted by Crippen LogP contribution is -2.35. The van der Waals surface area contributed by atoms with Crippen LogP contribution in [0, 0.1) is 11.6 Å². The van der Waals surface area contributed by atoms with Crippen LogP contribution in [0.1, 0.15) is 22.0 Å². The Morgan fingerprint density at radius 1 is 1.14 bits per heavy atom. The minimum atomic E-state index is -1.15. The van der Waals surface area contributed by atoms with Gasteiger partial charge in [0.15, 0.2) is 5.17 Å². The van der Waals surface area contributed by atoms with E-state index in [2.05, 4.69) is 15.2 Å². The molecule has 6 nitrogen and oxygen atoms in total. The fraction of sp³-hybridized carbons (Fsp3) is 0.211. The Morgan fingerprint density at radius 3 is 2.59 bits per heavy atom. The summed E-state index contributed by atoms with van der Waals surface area (Å²) in [5.41, 5.74) is 0.592. The maximum Gasteiger partial charge on any atom is 0.326 e. The number of aliphatic imine (C=N–C) groups is 1. The number of imide groups is 1. The maximum absolute atomic E-state index is 13.7. The van der Waals surface area contributed by atoms with Crippen molar-refractivity contribution in [2.45, 2.75) is 6.04 Å². The molecule has 2 aliphatic rings. The monoisotopic (exact) mass is 438 g/mol. The highest BCUT2D eigenvalue weighted by Gasteiger charge is 2.30. The average Bonchev–Trinajstić information content (AvgIpc) is 3.23. The highest BCUT2D eigenvalue weighted by Crippen LogP contribution is 2.33. The first-order valence-corrected chi connectivity index (χ1v) is 9.61. The molecule has 29 heavy (non-hydrogen) atoms. The number of nitrogens with one attached hydrogen (secondary N) is 2. The van der Waals surface area contributed by atoms with E-state index in [-0.39, 0.29) is 18.4 Å². The van der Waals surface area contributed by atoms with Gasteiger partial charge < -0.3 is 10.2 Å². The van der Waals surface area contributed by atoms with Gasteiger partial charge in [0.1, 0.15) is 17.2 Å². The molecule has 3 amide bonds. The summed E-state index contributed by atoms with van der Waals surface area (Å²) in [4.78, 5) is 31.0. The zero-order chi connectivity index (χ0) is 19.7. The van der Waals surface area contributed by atoms with Crippen molar-refractivity contribution >= 4 is 47.0 Å². The molecule has 0 radical (unpaired) electrons. The number of halogens is 3. The van der Waals surface area contributed by atoms with Crippen molar-refractivity contribution in [2.75, 3.05) is 24.2 Å². The number of anilines is 1. The fourth-order valence-electron chi connectivity index (χ4n) is 3.15. The van der Waals surface area contributed by atoms with E-state index in [1.54, 1.807) is 30.0 Å². The first-order valence-electron chi connectivity index (χ1n) is 8.63. The number of benzene rings is 2. The number of rotatable bonds is 3. The second-order valence-electron chi connectivity index (χ2n) is 6.35. The number of amides is 3. The first kappa shape index (κ1) is 21.1. The lowest BCUT2D eigenvalue weighted by Gasteiger charge is -2.14. The molecule has 0 aliphatic carbocycles. The molecule has 0 saturated carbocycles. The summed E-state index contributed by atoms with van der Waals surface area (Å²) in [5, 5.41) is 5.49. The number of hydrogen-bond donors (Lipinski definition) is 2. The van der Waals surface area contributed by atoms with Crippen LogP contribution in [0.2, 0.25) is 0 Å². The van der Waals surface area contributed by atoms with Gasteiger partial charge in [-0.25, -0.2) is 13.6 Å². The molecule has 0 aromatic heterocycles. The predicted octanol–water partition coefficient (Wildman–Crippen LogP) is 3.81. The minimum Gasteiger partial charge on any atom is -0.348 e. The van der Waals surface area contributed by atoms with Crippen LogP contribution in [0.25, 0.3) is 0 Å². The van der Waals surface area contributed by atoms with Crippen molar-refractivity contribution in [1.82, 2.24) is 10.2 Å². The topological polar surface area (TPSA) is 73.8 Å². The standard InChI is InChI=1S/C19H16F2N4O2S.ClH/c20-13-5-2-6-14(21)16(13)17(26)24-18(27)22-12-4-1-3-11(9-12)15-10-25-7-8-28-19(25)23-15;/h1-6,9,15H,7-8,10H2,(H2,22,24,26,27);1H. The molecule has 2 aliphatic heterocycles. The number of nitrogens with zero attached hydrogens (tertiary/aromatic N) is 2. The summed E-state index contributed by atoms with van der Waals surface area (Å²) in [6.45, 7) is 1.78. The van der Waals surface area contributed by atoms with E-state index in [0.717, 1.165) is 47.8 Å². The number of hydrogen-bond acceptors (Lipinski definition) is 5. The van der Waals surface area contributed by atoms with Gasteiger partial charge >= 0.3 is 6.03 Å². The number of amidine groups is 1. The molecule has 2 N–H and O–H groups in total. The van der Waals surface area contributed by atoms with Gasteiger partial charge in [0.2, 0.25) is 0 Å². The summed E-state index contributed by atoms with van der Waals surface area (Å²) in [5.74, 6) is -2.18. The Bertz CT molecular complexity index is 968. The van der Waals surface area contributed by atoms with Crippen LogP contribution < -0.4 is 10.6 Å². The summed E-state index contributed by atoms with van der Waals surface area (Å²) < 4.78 is 27.3. The summed E-state index contributed by atoms with van der Waals surface area (Å²) in [6.07, 6.45) is 0. The van der Waals surface area contributed by atoms with Crippen LogP contribution >= 0.6 is 24.2 Å². The van der Waals surface area contributed by atoms with Crippen molar-refractivity contribution in [2.24, 2.45) is 4.99 Å². The maximum atomic E-state index is 13.7. The van der Waals surface area contributed by atoms with E-state index in [1.807, 2.05) is 11.4 Å². The van der Waals surface area contributed by atoms with E-state index < -0.39 is 29.1 Å². The van der Waals surface area contributed by atoms with E-state index >= 15 is 0 Å². The Kier molecular flexibility index (Phi) is 6.39. The highest BCUT2D eigenvalue weighted by atomic mass is 35.5. The molecule has 2 aromatic rings. The number of thioether (sulfide) groups is 1. The summed E-state index contributed by atoms with van der Waals surface area (Å²) in [7, 11) is 0. The van der Waals surface area contributed by atoms with Crippen LogP contribution in [0.15, 0.2) is 47.5 Å². The average molecular weight is 439 g/mol. The van der Waals surface area contributed by atoms with Crippen LogP contribution in [0.3, 0.4) is 0 Å². The van der Waals surface area contributed by atoms with Crippen molar-refractivity contribution in [3.8, 4) is 0 Å². The van der Waals surface area contributed by atoms with Gasteiger partial charge in [-0.2, -0.15) is 0 Å².